The van der Waals surface area contributed by atoms with Crippen molar-refractivity contribution in [2.24, 2.45) is 0 Å². The molecule has 2 aliphatic rings. The Balaban J connectivity index is 1.70. The van der Waals surface area contributed by atoms with E-state index in [1.54, 1.807) is 15.9 Å². The zero-order chi connectivity index (χ0) is 19.5. The predicted molar refractivity (Wildman–Crippen MR) is 112 cm³/mol. The Labute approximate surface area is 172 Å². The number of nitrogens with one attached hydrogen (secondary N) is 1. The molecule has 1 N–H and O–H groups in total. The fourth-order valence-corrected chi connectivity index (χ4v) is 5.95. The molecule has 0 aromatic carbocycles. The number of aryl methyl sites for hydroxylation is 2. The standard InChI is InChI=1S/C20H23N3O3S2/c1-2-9-21-16(24)12-27-20-22-18-17(14-7-3-4-8-15(14)28-18)19(25)23(20)11-13-6-5-10-26-13/h1,13H,3-12H2,(H,21,24)/t13-/m1/s1. The van der Waals surface area contributed by atoms with E-state index in [9.17, 15) is 9.59 Å². The van der Waals surface area contributed by atoms with Gasteiger partial charge < -0.3 is 10.1 Å². The van der Waals surface area contributed by atoms with Crippen LogP contribution in [0.5, 0.6) is 0 Å². The number of hydrogen-bond acceptors (Lipinski definition) is 6. The molecule has 3 heterocycles. The maximum atomic E-state index is 13.4. The third-order valence-corrected chi connectivity index (χ3v) is 7.33. The van der Waals surface area contributed by atoms with Gasteiger partial charge in [-0.3, -0.25) is 14.2 Å². The summed E-state index contributed by atoms with van der Waals surface area (Å²) in [7, 11) is 0. The van der Waals surface area contributed by atoms with Crippen LogP contribution in [0.15, 0.2) is 9.95 Å². The summed E-state index contributed by atoms with van der Waals surface area (Å²) in [6.45, 7) is 1.42. The second-order valence-electron chi connectivity index (χ2n) is 7.11. The monoisotopic (exact) mass is 417 g/mol. The summed E-state index contributed by atoms with van der Waals surface area (Å²) >= 11 is 2.92. The number of thiophene rings is 1. The van der Waals surface area contributed by atoms with Gasteiger partial charge in [0.2, 0.25) is 5.91 Å². The van der Waals surface area contributed by atoms with E-state index in [1.165, 1.54) is 28.6 Å². The van der Waals surface area contributed by atoms with E-state index in [1.807, 2.05) is 0 Å². The molecule has 0 radical (unpaired) electrons. The molecule has 28 heavy (non-hydrogen) atoms. The minimum Gasteiger partial charge on any atom is -0.376 e. The van der Waals surface area contributed by atoms with Crippen LogP contribution in [0.4, 0.5) is 0 Å². The van der Waals surface area contributed by atoms with Crippen LogP contribution in [-0.4, -0.2) is 40.5 Å². The number of nitrogens with zero attached hydrogens (tertiary/aromatic N) is 2. The van der Waals surface area contributed by atoms with E-state index in [-0.39, 0.29) is 29.9 Å². The molecule has 0 unspecified atom stereocenters. The highest BCUT2D eigenvalue weighted by atomic mass is 32.2. The number of terminal acetylenes is 1. The highest BCUT2D eigenvalue weighted by Gasteiger charge is 2.25. The average Bonchev–Trinajstić information content (AvgIpc) is 3.34. The molecule has 1 atom stereocenters. The average molecular weight is 418 g/mol. The molecule has 1 aliphatic carbocycles. The summed E-state index contributed by atoms with van der Waals surface area (Å²) in [6, 6.07) is 0. The topological polar surface area (TPSA) is 73.2 Å². The summed E-state index contributed by atoms with van der Waals surface area (Å²) in [5.74, 6) is 2.41. The zero-order valence-electron chi connectivity index (χ0n) is 15.7. The molecular weight excluding hydrogens is 394 g/mol. The largest absolute Gasteiger partial charge is 0.376 e. The Morgan fingerprint density at radius 1 is 1.39 bits per heavy atom. The van der Waals surface area contributed by atoms with Crippen LogP contribution in [0.25, 0.3) is 10.2 Å². The lowest BCUT2D eigenvalue weighted by atomic mass is 9.97. The van der Waals surface area contributed by atoms with Crippen molar-refractivity contribution in [2.75, 3.05) is 18.9 Å². The lowest BCUT2D eigenvalue weighted by Crippen LogP contribution is -2.30. The number of aromatic nitrogens is 2. The van der Waals surface area contributed by atoms with Crippen molar-refractivity contribution >= 4 is 39.2 Å². The van der Waals surface area contributed by atoms with Gasteiger partial charge in [0.1, 0.15) is 4.83 Å². The van der Waals surface area contributed by atoms with Crippen molar-refractivity contribution in [3.05, 3.63) is 20.8 Å². The highest BCUT2D eigenvalue weighted by Crippen LogP contribution is 2.34. The van der Waals surface area contributed by atoms with Crippen LogP contribution >= 0.6 is 23.1 Å². The van der Waals surface area contributed by atoms with Crippen molar-refractivity contribution < 1.29 is 9.53 Å². The summed E-state index contributed by atoms with van der Waals surface area (Å²) in [6.07, 6.45) is 11.4. The lowest BCUT2D eigenvalue weighted by molar-refractivity contribution is -0.118. The maximum Gasteiger partial charge on any atom is 0.263 e. The van der Waals surface area contributed by atoms with Gasteiger partial charge in [0.15, 0.2) is 5.16 Å². The fraction of sp³-hybridized carbons (Fsp3) is 0.550. The molecule has 4 rings (SSSR count). The first-order chi connectivity index (χ1) is 13.7. The molecule has 1 aliphatic heterocycles. The SMILES string of the molecule is C#CCNC(=O)CSc1nc2sc3c(c2c(=O)n1C[C@H]1CCCO1)CCCC3. The predicted octanol–water partition coefficient (Wildman–Crippen LogP) is 2.36. The van der Waals surface area contributed by atoms with Gasteiger partial charge >= 0.3 is 0 Å². The van der Waals surface area contributed by atoms with Crippen molar-refractivity contribution in [1.82, 2.24) is 14.9 Å². The maximum absolute atomic E-state index is 13.4. The molecule has 2 aromatic heterocycles. The zero-order valence-corrected chi connectivity index (χ0v) is 17.3. The van der Waals surface area contributed by atoms with Crippen molar-refractivity contribution in [3.8, 4) is 12.3 Å². The first-order valence-electron chi connectivity index (χ1n) is 9.67. The van der Waals surface area contributed by atoms with Gasteiger partial charge in [-0.05, 0) is 44.1 Å². The minimum atomic E-state index is -0.161. The van der Waals surface area contributed by atoms with Gasteiger partial charge in [-0.2, -0.15) is 0 Å². The number of ether oxygens (including phenoxy) is 1. The molecule has 1 fully saturated rings. The van der Waals surface area contributed by atoms with Gasteiger partial charge in [-0.15, -0.1) is 17.8 Å². The highest BCUT2D eigenvalue weighted by molar-refractivity contribution is 7.99. The number of hydrogen-bond donors (Lipinski definition) is 1. The summed E-state index contributed by atoms with van der Waals surface area (Å²) < 4.78 is 7.48. The summed E-state index contributed by atoms with van der Waals surface area (Å²) in [4.78, 5) is 32.3. The Morgan fingerprint density at radius 3 is 3.04 bits per heavy atom. The summed E-state index contributed by atoms with van der Waals surface area (Å²) in [5.41, 5.74) is 1.19. The van der Waals surface area contributed by atoms with Gasteiger partial charge in [-0.1, -0.05) is 17.7 Å². The molecule has 8 heteroatoms. The van der Waals surface area contributed by atoms with Crippen LogP contribution in [0.1, 0.15) is 36.1 Å². The smallest absolute Gasteiger partial charge is 0.263 e. The van der Waals surface area contributed by atoms with Gasteiger partial charge in [0.05, 0.1) is 30.3 Å². The number of thioether (sulfide) groups is 1. The Morgan fingerprint density at radius 2 is 2.25 bits per heavy atom. The Bertz CT molecular complexity index is 983. The van der Waals surface area contributed by atoms with Crippen LogP contribution in [0.3, 0.4) is 0 Å². The van der Waals surface area contributed by atoms with Crippen molar-refractivity contribution in [1.29, 1.82) is 0 Å². The normalized spacial score (nSPS) is 18.8. The number of carbonyl (C=O) groups excluding carboxylic acids is 1. The minimum absolute atomic E-state index is 0.00596. The van der Waals surface area contributed by atoms with E-state index in [0.29, 0.717) is 11.7 Å². The quantitative estimate of drug-likeness (QED) is 0.444. The van der Waals surface area contributed by atoms with E-state index < -0.39 is 0 Å². The second kappa shape index (κ2) is 8.68. The number of fused-ring (bicyclic) bond motifs is 3. The fourth-order valence-electron chi connectivity index (χ4n) is 3.81. The van der Waals surface area contributed by atoms with E-state index in [4.69, 9.17) is 16.1 Å². The van der Waals surface area contributed by atoms with Gasteiger partial charge in [0.25, 0.3) is 5.56 Å². The number of rotatable bonds is 6. The molecule has 1 amide bonds. The van der Waals surface area contributed by atoms with Crippen LogP contribution < -0.4 is 10.9 Å². The van der Waals surface area contributed by atoms with Crippen molar-refractivity contribution in [2.45, 2.75) is 56.3 Å². The molecule has 2 aromatic rings. The van der Waals surface area contributed by atoms with Crippen LogP contribution in [0.2, 0.25) is 0 Å². The Kier molecular flexibility index (Phi) is 6.04. The van der Waals surface area contributed by atoms with Crippen LogP contribution in [-0.2, 0) is 28.9 Å². The molecule has 148 valence electrons. The lowest BCUT2D eigenvalue weighted by Gasteiger charge is -2.16. The molecule has 6 nitrogen and oxygen atoms in total. The summed E-state index contributed by atoms with van der Waals surface area (Å²) in [5, 5.41) is 4.02. The van der Waals surface area contributed by atoms with E-state index >= 15 is 0 Å². The molecular formula is C20H23N3O3S2. The first kappa shape index (κ1) is 19.5. The molecule has 0 spiro atoms. The number of carbonyl (C=O) groups is 1. The number of amides is 1. The first-order valence-corrected chi connectivity index (χ1v) is 11.5. The molecule has 0 saturated carbocycles. The third kappa shape index (κ3) is 3.97. The van der Waals surface area contributed by atoms with Gasteiger partial charge in [-0.25, -0.2) is 4.98 Å². The molecule has 0 bridgehead atoms. The third-order valence-electron chi connectivity index (χ3n) is 5.17. The van der Waals surface area contributed by atoms with Crippen LogP contribution in [0, 0.1) is 12.3 Å². The van der Waals surface area contributed by atoms with Crippen molar-refractivity contribution in [3.63, 3.8) is 0 Å². The van der Waals surface area contributed by atoms with E-state index in [2.05, 4.69) is 11.2 Å². The van der Waals surface area contributed by atoms with Gasteiger partial charge in [0, 0.05) is 11.5 Å². The Hall–Kier alpha value is -1.82. The van der Waals surface area contributed by atoms with E-state index in [0.717, 1.165) is 48.9 Å². The second-order valence-corrected chi connectivity index (χ2v) is 9.13. The molecule has 1 saturated heterocycles.